The van der Waals surface area contributed by atoms with Gasteiger partial charge in [-0.05, 0) is 26.9 Å². The summed E-state index contributed by atoms with van der Waals surface area (Å²) in [7, 11) is 1.95. The van der Waals surface area contributed by atoms with Crippen LogP contribution in [0.2, 0.25) is 5.02 Å². The molecule has 0 amide bonds. The molecule has 3 nitrogen and oxygen atoms in total. The van der Waals surface area contributed by atoms with Gasteiger partial charge in [-0.3, -0.25) is 4.68 Å². The van der Waals surface area contributed by atoms with Crippen LogP contribution in [0.5, 0.6) is 0 Å². The third kappa shape index (κ3) is 2.50. The smallest absolute Gasteiger partial charge is 0.0785 e. The summed E-state index contributed by atoms with van der Waals surface area (Å²) in [6.07, 6.45) is 4.58. The van der Waals surface area contributed by atoms with E-state index in [1.807, 2.05) is 17.9 Å². The fourth-order valence-electron chi connectivity index (χ4n) is 1.04. The van der Waals surface area contributed by atoms with Crippen molar-refractivity contribution in [1.82, 2.24) is 15.1 Å². The summed E-state index contributed by atoms with van der Waals surface area (Å²) < 4.78 is 1.89. The largest absolute Gasteiger partial charge is 0.320 e. The first-order valence-electron chi connectivity index (χ1n) is 4.08. The number of nitrogens with one attached hydrogen (secondary N) is 1. The van der Waals surface area contributed by atoms with Crippen molar-refractivity contribution in [3.63, 3.8) is 0 Å². The number of aromatic nitrogens is 2. The second kappa shape index (κ2) is 4.48. The predicted molar refractivity (Wildman–Crippen MR) is 50.5 cm³/mol. The van der Waals surface area contributed by atoms with Crippen LogP contribution in [-0.4, -0.2) is 23.4 Å². The Morgan fingerprint density at radius 3 is 3.00 bits per heavy atom. The minimum absolute atomic E-state index is 0.407. The SMILES string of the molecule is CNCCC(C)n1cc(Cl)cn1. The third-order valence-electron chi connectivity index (χ3n) is 1.83. The van der Waals surface area contributed by atoms with E-state index < -0.39 is 0 Å². The van der Waals surface area contributed by atoms with Crippen molar-refractivity contribution < 1.29 is 0 Å². The summed E-state index contributed by atoms with van der Waals surface area (Å²) >= 11 is 5.74. The number of hydrogen-bond acceptors (Lipinski definition) is 2. The molecule has 1 aromatic rings. The van der Waals surface area contributed by atoms with Gasteiger partial charge in [-0.1, -0.05) is 11.6 Å². The average Bonchev–Trinajstić information content (AvgIpc) is 2.47. The van der Waals surface area contributed by atoms with Crippen LogP contribution >= 0.6 is 11.6 Å². The molecule has 0 bridgehead atoms. The Morgan fingerprint density at radius 1 is 1.75 bits per heavy atom. The highest BCUT2D eigenvalue weighted by Crippen LogP contribution is 2.12. The van der Waals surface area contributed by atoms with Gasteiger partial charge in [0.2, 0.25) is 0 Å². The van der Waals surface area contributed by atoms with Crippen LogP contribution in [-0.2, 0) is 0 Å². The Bertz CT molecular complexity index is 234. The summed E-state index contributed by atoms with van der Waals surface area (Å²) in [6.45, 7) is 3.12. The second-order valence-electron chi connectivity index (χ2n) is 2.88. The molecule has 0 aromatic carbocycles. The lowest BCUT2D eigenvalue weighted by atomic mass is 10.2. The highest BCUT2D eigenvalue weighted by Gasteiger charge is 2.04. The van der Waals surface area contributed by atoms with Crippen LogP contribution in [0.15, 0.2) is 12.4 Å². The van der Waals surface area contributed by atoms with Crippen molar-refractivity contribution in [2.24, 2.45) is 0 Å². The monoisotopic (exact) mass is 187 g/mol. The van der Waals surface area contributed by atoms with Crippen molar-refractivity contribution in [3.05, 3.63) is 17.4 Å². The van der Waals surface area contributed by atoms with E-state index in [0.29, 0.717) is 11.1 Å². The number of hydrogen-bond donors (Lipinski definition) is 1. The van der Waals surface area contributed by atoms with Gasteiger partial charge in [0.05, 0.1) is 17.3 Å². The molecule has 0 spiro atoms. The van der Waals surface area contributed by atoms with E-state index in [1.54, 1.807) is 6.20 Å². The Hall–Kier alpha value is -0.540. The van der Waals surface area contributed by atoms with E-state index in [4.69, 9.17) is 11.6 Å². The summed E-state index contributed by atoms with van der Waals surface area (Å²) in [5.74, 6) is 0. The van der Waals surface area contributed by atoms with Gasteiger partial charge in [0.15, 0.2) is 0 Å². The van der Waals surface area contributed by atoms with E-state index >= 15 is 0 Å². The fraction of sp³-hybridized carbons (Fsp3) is 0.625. The quantitative estimate of drug-likeness (QED) is 0.778. The Labute approximate surface area is 77.7 Å². The third-order valence-corrected chi connectivity index (χ3v) is 2.03. The molecule has 0 aliphatic heterocycles. The molecular formula is C8H14ClN3. The molecule has 0 saturated heterocycles. The number of rotatable bonds is 4. The Kier molecular flexibility index (Phi) is 3.56. The van der Waals surface area contributed by atoms with E-state index in [-0.39, 0.29) is 0 Å². The fourth-order valence-corrected chi connectivity index (χ4v) is 1.19. The van der Waals surface area contributed by atoms with Crippen molar-refractivity contribution >= 4 is 11.6 Å². The van der Waals surface area contributed by atoms with Gasteiger partial charge in [-0.2, -0.15) is 5.10 Å². The zero-order valence-corrected chi connectivity index (χ0v) is 8.17. The van der Waals surface area contributed by atoms with Crippen LogP contribution in [0.1, 0.15) is 19.4 Å². The van der Waals surface area contributed by atoms with Gasteiger partial charge in [0.1, 0.15) is 0 Å². The molecule has 4 heteroatoms. The van der Waals surface area contributed by atoms with Gasteiger partial charge < -0.3 is 5.32 Å². The number of nitrogens with zero attached hydrogens (tertiary/aromatic N) is 2. The summed E-state index contributed by atoms with van der Waals surface area (Å²) in [5.41, 5.74) is 0. The van der Waals surface area contributed by atoms with Gasteiger partial charge in [0.25, 0.3) is 0 Å². The number of halogens is 1. The molecule has 1 heterocycles. The normalized spacial score (nSPS) is 13.2. The highest BCUT2D eigenvalue weighted by molar-refractivity contribution is 6.30. The summed E-state index contributed by atoms with van der Waals surface area (Å²) in [6, 6.07) is 0.407. The van der Waals surface area contributed by atoms with Crippen LogP contribution in [0.4, 0.5) is 0 Å². The zero-order valence-electron chi connectivity index (χ0n) is 7.42. The highest BCUT2D eigenvalue weighted by atomic mass is 35.5. The Morgan fingerprint density at radius 2 is 2.50 bits per heavy atom. The summed E-state index contributed by atoms with van der Waals surface area (Å²) in [4.78, 5) is 0. The first-order chi connectivity index (χ1) is 5.74. The second-order valence-corrected chi connectivity index (χ2v) is 3.32. The molecule has 1 aromatic heterocycles. The van der Waals surface area contributed by atoms with Gasteiger partial charge in [-0.15, -0.1) is 0 Å². The van der Waals surface area contributed by atoms with Crippen LogP contribution < -0.4 is 5.32 Å². The van der Waals surface area contributed by atoms with Crippen molar-refractivity contribution in [1.29, 1.82) is 0 Å². The summed E-state index contributed by atoms with van der Waals surface area (Å²) in [5, 5.41) is 7.93. The first-order valence-corrected chi connectivity index (χ1v) is 4.46. The molecule has 1 unspecified atom stereocenters. The molecular weight excluding hydrogens is 174 g/mol. The van der Waals surface area contributed by atoms with Gasteiger partial charge in [-0.25, -0.2) is 0 Å². The van der Waals surface area contributed by atoms with E-state index in [1.165, 1.54) is 0 Å². The topological polar surface area (TPSA) is 29.9 Å². The Balaban J connectivity index is 2.47. The average molecular weight is 188 g/mol. The van der Waals surface area contributed by atoms with Gasteiger partial charge in [0, 0.05) is 6.20 Å². The molecule has 0 fully saturated rings. The van der Waals surface area contributed by atoms with Crippen molar-refractivity contribution in [2.45, 2.75) is 19.4 Å². The maximum Gasteiger partial charge on any atom is 0.0785 e. The van der Waals surface area contributed by atoms with E-state index in [9.17, 15) is 0 Å². The predicted octanol–water partition coefficient (Wildman–Crippen LogP) is 1.71. The molecule has 12 heavy (non-hydrogen) atoms. The van der Waals surface area contributed by atoms with E-state index in [0.717, 1.165) is 13.0 Å². The molecule has 0 aliphatic carbocycles. The van der Waals surface area contributed by atoms with E-state index in [2.05, 4.69) is 17.3 Å². The maximum absolute atomic E-state index is 5.74. The van der Waals surface area contributed by atoms with Crippen molar-refractivity contribution in [3.8, 4) is 0 Å². The lowest BCUT2D eigenvalue weighted by Crippen LogP contribution is -2.14. The molecule has 68 valence electrons. The lowest BCUT2D eigenvalue weighted by molar-refractivity contribution is 0.452. The molecule has 1 rings (SSSR count). The van der Waals surface area contributed by atoms with Crippen molar-refractivity contribution in [2.75, 3.05) is 13.6 Å². The molecule has 0 saturated carbocycles. The van der Waals surface area contributed by atoms with Crippen LogP contribution in [0.3, 0.4) is 0 Å². The maximum atomic E-state index is 5.74. The zero-order chi connectivity index (χ0) is 8.97. The standard InChI is InChI=1S/C8H14ClN3/c1-7(3-4-10-2)12-6-8(9)5-11-12/h5-7,10H,3-4H2,1-2H3. The van der Waals surface area contributed by atoms with Crippen LogP contribution in [0, 0.1) is 0 Å². The lowest BCUT2D eigenvalue weighted by Gasteiger charge is -2.10. The minimum Gasteiger partial charge on any atom is -0.320 e. The van der Waals surface area contributed by atoms with Gasteiger partial charge >= 0.3 is 0 Å². The molecule has 0 aliphatic rings. The minimum atomic E-state index is 0.407. The molecule has 1 N–H and O–H groups in total. The first kappa shape index (κ1) is 9.55. The molecule has 0 radical (unpaired) electrons. The molecule has 1 atom stereocenters. The van der Waals surface area contributed by atoms with Crippen LogP contribution in [0.25, 0.3) is 0 Å².